The highest BCUT2D eigenvalue weighted by atomic mass is 16.2. The van der Waals surface area contributed by atoms with Crippen LogP contribution in [0, 0.1) is 5.92 Å². The van der Waals surface area contributed by atoms with Gasteiger partial charge in [-0.25, -0.2) is 0 Å². The Labute approximate surface area is 113 Å². The van der Waals surface area contributed by atoms with Gasteiger partial charge in [-0.05, 0) is 38.3 Å². The second-order valence-electron chi connectivity index (χ2n) is 5.73. The molecule has 2 N–H and O–H groups in total. The van der Waals surface area contributed by atoms with Gasteiger partial charge in [-0.1, -0.05) is 0 Å². The quantitative estimate of drug-likeness (QED) is 0.826. The van der Waals surface area contributed by atoms with Gasteiger partial charge in [0, 0.05) is 37.2 Å². The van der Waals surface area contributed by atoms with Crippen LogP contribution in [0.3, 0.4) is 0 Å². The number of aryl methyl sites for hydroxylation is 1. The van der Waals surface area contributed by atoms with Crippen molar-refractivity contribution in [1.82, 2.24) is 20.4 Å². The van der Waals surface area contributed by atoms with E-state index >= 15 is 0 Å². The molecule has 2 heterocycles. The fourth-order valence-electron chi connectivity index (χ4n) is 3.29. The number of carbonyl (C=O) groups excluding carboxylic acids is 1. The molecule has 3 rings (SSSR count). The molecule has 0 aromatic carbocycles. The van der Waals surface area contributed by atoms with E-state index in [0.29, 0.717) is 11.9 Å². The van der Waals surface area contributed by atoms with Gasteiger partial charge in [-0.15, -0.1) is 0 Å². The number of likely N-dealkylation sites (N-methyl/N-ethyl adjacent to an activating group) is 1. The van der Waals surface area contributed by atoms with Crippen molar-refractivity contribution < 1.29 is 4.79 Å². The normalized spacial score (nSPS) is 27.1. The first-order valence-electron chi connectivity index (χ1n) is 7.25. The van der Waals surface area contributed by atoms with Crippen LogP contribution in [0.15, 0.2) is 6.20 Å². The fraction of sp³-hybridized carbons (Fsp3) is 0.714. The lowest BCUT2D eigenvalue weighted by Crippen LogP contribution is -2.49. The van der Waals surface area contributed by atoms with Gasteiger partial charge in [0.1, 0.15) is 0 Å². The minimum Gasteiger partial charge on any atom is -0.341 e. The second kappa shape index (κ2) is 5.33. The van der Waals surface area contributed by atoms with Crippen molar-refractivity contribution >= 4 is 5.91 Å². The first kappa shape index (κ1) is 12.7. The van der Waals surface area contributed by atoms with Crippen LogP contribution >= 0.6 is 0 Å². The molecule has 1 aromatic rings. The summed E-state index contributed by atoms with van der Waals surface area (Å²) in [7, 11) is 1.98. The van der Waals surface area contributed by atoms with Crippen LogP contribution in [-0.4, -0.2) is 47.2 Å². The molecule has 1 aliphatic carbocycles. The van der Waals surface area contributed by atoms with E-state index in [0.717, 1.165) is 44.5 Å². The van der Waals surface area contributed by atoms with Crippen LogP contribution in [0.4, 0.5) is 0 Å². The molecule has 2 aliphatic rings. The third-order valence-corrected chi connectivity index (χ3v) is 4.51. The van der Waals surface area contributed by atoms with Crippen molar-refractivity contribution in [1.29, 1.82) is 0 Å². The summed E-state index contributed by atoms with van der Waals surface area (Å²) >= 11 is 0. The van der Waals surface area contributed by atoms with E-state index in [-0.39, 0.29) is 5.92 Å². The highest BCUT2D eigenvalue weighted by Gasteiger charge is 2.31. The van der Waals surface area contributed by atoms with Gasteiger partial charge in [0.25, 0.3) is 0 Å². The number of carbonyl (C=O) groups is 1. The largest absolute Gasteiger partial charge is 0.341 e. The molecule has 0 bridgehead atoms. The van der Waals surface area contributed by atoms with Gasteiger partial charge >= 0.3 is 0 Å². The van der Waals surface area contributed by atoms with Crippen molar-refractivity contribution in [2.24, 2.45) is 5.92 Å². The smallest absolute Gasteiger partial charge is 0.226 e. The van der Waals surface area contributed by atoms with Crippen molar-refractivity contribution in [2.75, 3.05) is 20.1 Å². The van der Waals surface area contributed by atoms with Gasteiger partial charge in [-0.3, -0.25) is 9.89 Å². The highest BCUT2D eigenvalue weighted by molar-refractivity contribution is 5.79. The number of amides is 1. The number of aromatic nitrogens is 2. The summed E-state index contributed by atoms with van der Waals surface area (Å²) in [5, 5.41) is 10.4. The van der Waals surface area contributed by atoms with Gasteiger partial charge in [-0.2, -0.15) is 5.10 Å². The second-order valence-corrected chi connectivity index (χ2v) is 5.73. The predicted octanol–water partition coefficient (Wildman–Crippen LogP) is 0.725. The van der Waals surface area contributed by atoms with E-state index in [1.807, 2.05) is 13.2 Å². The zero-order valence-electron chi connectivity index (χ0n) is 11.5. The molecule has 1 aromatic heterocycles. The molecule has 0 spiro atoms. The zero-order valence-corrected chi connectivity index (χ0v) is 11.5. The highest BCUT2D eigenvalue weighted by Crippen LogP contribution is 2.26. The van der Waals surface area contributed by atoms with Crippen LogP contribution in [0.1, 0.15) is 30.5 Å². The van der Waals surface area contributed by atoms with E-state index in [4.69, 9.17) is 0 Å². The predicted molar refractivity (Wildman–Crippen MR) is 72.8 cm³/mol. The van der Waals surface area contributed by atoms with Gasteiger partial charge in [0.05, 0.1) is 6.20 Å². The minimum absolute atomic E-state index is 0.142. The van der Waals surface area contributed by atoms with Gasteiger partial charge in [0.15, 0.2) is 0 Å². The van der Waals surface area contributed by atoms with E-state index < -0.39 is 0 Å². The number of nitrogens with one attached hydrogen (secondary N) is 2. The Hall–Kier alpha value is -1.36. The molecule has 104 valence electrons. The summed E-state index contributed by atoms with van der Waals surface area (Å²) in [5.41, 5.74) is 2.45. The number of aromatic amines is 1. The van der Waals surface area contributed by atoms with E-state index in [2.05, 4.69) is 20.4 Å². The zero-order chi connectivity index (χ0) is 13.2. The molecule has 5 nitrogen and oxygen atoms in total. The fourth-order valence-corrected chi connectivity index (χ4v) is 3.29. The summed E-state index contributed by atoms with van der Waals surface area (Å²) in [4.78, 5) is 14.7. The van der Waals surface area contributed by atoms with Crippen molar-refractivity contribution in [3.05, 3.63) is 17.5 Å². The molecule has 19 heavy (non-hydrogen) atoms. The third kappa shape index (κ3) is 2.52. The molecule has 2 atom stereocenters. The lowest BCUT2D eigenvalue weighted by molar-refractivity contribution is -0.137. The van der Waals surface area contributed by atoms with Crippen LogP contribution in [-0.2, 0) is 17.6 Å². The van der Waals surface area contributed by atoms with Crippen molar-refractivity contribution in [2.45, 2.75) is 38.1 Å². The molecule has 1 aliphatic heterocycles. The molecule has 1 saturated heterocycles. The van der Waals surface area contributed by atoms with Crippen molar-refractivity contribution in [3.63, 3.8) is 0 Å². The Bertz CT molecular complexity index is 456. The minimum atomic E-state index is 0.142. The summed E-state index contributed by atoms with van der Waals surface area (Å²) in [5.74, 6) is 0.476. The first-order valence-corrected chi connectivity index (χ1v) is 7.25. The molecular formula is C14H22N4O. The number of rotatable bonds is 2. The monoisotopic (exact) mass is 262 g/mol. The maximum atomic E-state index is 12.6. The third-order valence-electron chi connectivity index (χ3n) is 4.51. The topological polar surface area (TPSA) is 61.0 Å². The molecule has 0 radical (unpaired) electrons. The standard InChI is InChI=1S/C14H22N4O/c1-15-12-3-2-6-18(9-12)14(19)10-4-5-11-8-16-17-13(11)7-10/h8,10,12,15H,2-7,9H2,1H3,(H,16,17). The number of nitrogens with zero attached hydrogens (tertiary/aromatic N) is 2. The number of fused-ring (bicyclic) bond motifs is 1. The van der Waals surface area contributed by atoms with E-state index in [9.17, 15) is 4.79 Å². The average molecular weight is 262 g/mol. The number of H-pyrrole nitrogens is 1. The molecular weight excluding hydrogens is 240 g/mol. The molecule has 1 amide bonds. The van der Waals surface area contributed by atoms with Crippen molar-refractivity contribution in [3.8, 4) is 0 Å². The van der Waals surface area contributed by atoms with E-state index in [1.165, 1.54) is 12.0 Å². The number of hydrogen-bond acceptors (Lipinski definition) is 3. The summed E-state index contributed by atoms with van der Waals surface area (Å²) in [6, 6.07) is 0.462. The Morgan fingerprint density at radius 2 is 2.42 bits per heavy atom. The molecule has 5 heteroatoms. The van der Waals surface area contributed by atoms with Crippen LogP contribution in [0.2, 0.25) is 0 Å². The average Bonchev–Trinajstić information content (AvgIpc) is 2.94. The Balaban J connectivity index is 1.65. The van der Waals surface area contributed by atoms with Gasteiger partial charge < -0.3 is 10.2 Å². The summed E-state index contributed by atoms with van der Waals surface area (Å²) in [6.45, 7) is 1.78. The van der Waals surface area contributed by atoms with Crippen LogP contribution in [0.5, 0.6) is 0 Å². The SMILES string of the molecule is CNC1CCCN(C(=O)C2CCc3cn[nH]c3C2)C1. The Morgan fingerprint density at radius 1 is 1.53 bits per heavy atom. The molecule has 0 saturated carbocycles. The maximum absolute atomic E-state index is 12.6. The van der Waals surface area contributed by atoms with Crippen LogP contribution < -0.4 is 5.32 Å². The van der Waals surface area contributed by atoms with Gasteiger partial charge in [0.2, 0.25) is 5.91 Å². The Morgan fingerprint density at radius 3 is 3.26 bits per heavy atom. The Kier molecular flexibility index (Phi) is 3.55. The molecule has 1 fully saturated rings. The number of hydrogen-bond donors (Lipinski definition) is 2. The molecule has 2 unspecified atom stereocenters. The lowest BCUT2D eigenvalue weighted by Gasteiger charge is -2.35. The first-order chi connectivity index (χ1) is 9.28. The lowest BCUT2D eigenvalue weighted by atomic mass is 9.86. The summed E-state index contributed by atoms with van der Waals surface area (Å²) < 4.78 is 0. The maximum Gasteiger partial charge on any atom is 0.226 e. The summed E-state index contributed by atoms with van der Waals surface area (Å²) in [6.07, 6.45) is 6.95. The van der Waals surface area contributed by atoms with E-state index in [1.54, 1.807) is 0 Å². The van der Waals surface area contributed by atoms with Crippen LogP contribution in [0.25, 0.3) is 0 Å². The number of piperidine rings is 1. The number of likely N-dealkylation sites (tertiary alicyclic amines) is 1.